The number of ether oxygens (including phenoxy) is 1. The molecule has 40 heavy (non-hydrogen) atoms. The number of piperidine rings is 1. The number of aliphatic hydroxyl groups is 1. The first-order valence-electron chi connectivity index (χ1n) is 14.1. The van der Waals surface area contributed by atoms with Crippen molar-refractivity contribution in [1.82, 2.24) is 20.2 Å². The zero-order valence-electron chi connectivity index (χ0n) is 22.5. The van der Waals surface area contributed by atoms with Crippen molar-refractivity contribution in [3.05, 3.63) is 61.7 Å². The van der Waals surface area contributed by atoms with Crippen LogP contribution in [0.4, 0.5) is 4.39 Å². The van der Waals surface area contributed by atoms with Crippen LogP contribution in [0.1, 0.15) is 78.5 Å². The first-order chi connectivity index (χ1) is 19.2. The highest BCUT2D eigenvalue weighted by Gasteiger charge is 2.46. The Morgan fingerprint density at radius 3 is 2.83 bits per heavy atom. The molecule has 4 aliphatic rings. The van der Waals surface area contributed by atoms with Crippen LogP contribution in [-0.4, -0.2) is 39.1 Å². The van der Waals surface area contributed by atoms with Gasteiger partial charge in [-0.15, -0.1) is 0 Å². The highest BCUT2D eigenvalue weighted by molar-refractivity contribution is 5.94. The molecule has 2 aromatic heterocycles. The zero-order chi connectivity index (χ0) is 27.9. The van der Waals surface area contributed by atoms with Crippen LogP contribution in [0.5, 0.6) is 0 Å². The van der Waals surface area contributed by atoms with Gasteiger partial charge < -0.3 is 25.0 Å². The van der Waals surface area contributed by atoms with Crippen LogP contribution in [0.15, 0.2) is 16.9 Å². The highest BCUT2D eigenvalue weighted by Crippen LogP contribution is 2.46. The average molecular weight is 547 g/mol. The van der Waals surface area contributed by atoms with Crippen molar-refractivity contribution >= 4 is 22.8 Å². The van der Waals surface area contributed by atoms with Crippen molar-refractivity contribution in [1.29, 1.82) is 0 Å². The molecule has 5 heterocycles. The molecule has 0 bridgehead atoms. The number of cyclic esters (lactones) is 1. The summed E-state index contributed by atoms with van der Waals surface area (Å²) >= 11 is 0. The Kier molecular flexibility index (Phi) is 5.66. The Hall–Kier alpha value is -3.63. The minimum Gasteiger partial charge on any atom is -0.458 e. The summed E-state index contributed by atoms with van der Waals surface area (Å²) in [6.45, 7) is 4.24. The monoisotopic (exact) mass is 546 g/mol. The van der Waals surface area contributed by atoms with E-state index in [1.165, 1.54) is 6.07 Å². The maximum absolute atomic E-state index is 15.1. The number of aryl methyl sites for hydroxylation is 1. The number of carbonyl (C=O) groups excluding carboxylic acids is 2. The van der Waals surface area contributed by atoms with Gasteiger partial charge in [-0.05, 0) is 68.3 Å². The van der Waals surface area contributed by atoms with E-state index < -0.39 is 11.6 Å². The van der Waals surface area contributed by atoms with Gasteiger partial charge in [0.15, 0.2) is 5.60 Å². The Labute approximate surface area is 229 Å². The number of benzene rings is 1. The third-order valence-electron chi connectivity index (χ3n) is 9.32. The van der Waals surface area contributed by atoms with Gasteiger partial charge in [-0.25, -0.2) is 14.2 Å². The van der Waals surface area contributed by atoms with Crippen molar-refractivity contribution in [2.24, 2.45) is 0 Å². The van der Waals surface area contributed by atoms with Gasteiger partial charge in [0.25, 0.3) is 5.56 Å². The SMILES string of the molecule is CC[C@@]1(O)C(=O)OCc2c1cc1n(c2=O)Cc2c-1nc1cc(F)c(C)c3c1c2[C@@H](NC(=O)[C@H]1CCCCN1)CC3. The van der Waals surface area contributed by atoms with Gasteiger partial charge in [0.05, 0.1) is 41.1 Å². The Bertz CT molecular complexity index is 1690. The summed E-state index contributed by atoms with van der Waals surface area (Å²) in [5.41, 5.74) is 2.74. The Balaban J connectivity index is 1.44. The fourth-order valence-electron chi connectivity index (χ4n) is 7.05. The largest absolute Gasteiger partial charge is 0.458 e. The molecule has 1 saturated heterocycles. The number of hydrogen-bond donors (Lipinski definition) is 3. The van der Waals surface area contributed by atoms with Crippen LogP contribution in [-0.2, 0) is 39.5 Å². The molecule has 0 radical (unpaired) electrons. The predicted octanol–water partition coefficient (Wildman–Crippen LogP) is 2.77. The zero-order valence-corrected chi connectivity index (χ0v) is 22.5. The number of rotatable bonds is 3. The maximum atomic E-state index is 15.1. The van der Waals surface area contributed by atoms with Gasteiger partial charge in [-0.2, -0.15) is 0 Å². The van der Waals surface area contributed by atoms with Crippen LogP contribution >= 0.6 is 0 Å². The second-order valence-corrected chi connectivity index (χ2v) is 11.4. The fraction of sp³-hybridized carbons (Fsp3) is 0.467. The van der Waals surface area contributed by atoms with E-state index in [1.54, 1.807) is 24.5 Å². The molecule has 7 rings (SSSR count). The van der Waals surface area contributed by atoms with E-state index in [2.05, 4.69) is 10.6 Å². The van der Waals surface area contributed by atoms with Crippen LogP contribution in [0.3, 0.4) is 0 Å². The highest BCUT2D eigenvalue weighted by atomic mass is 19.1. The van der Waals surface area contributed by atoms with Crippen molar-refractivity contribution in [2.75, 3.05) is 6.54 Å². The van der Waals surface area contributed by atoms with Crippen LogP contribution < -0.4 is 16.2 Å². The number of nitrogens with zero attached hydrogens (tertiary/aromatic N) is 2. The lowest BCUT2D eigenvalue weighted by Crippen LogP contribution is -2.48. The topological polar surface area (TPSA) is 123 Å². The summed E-state index contributed by atoms with van der Waals surface area (Å²) in [6, 6.07) is 2.49. The minimum atomic E-state index is -1.93. The molecule has 9 nitrogen and oxygen atoms in total. The van der Waals surface area contributed by atoms with Gasteiger partial charge in [0.1, 0.15) is 12.4 Å². The number of fused-ring (bicyclic) bond motifs is 5. The van der Waals surface area contributed by atoms with Crippen molar-refractivity contribution in [2.45, 2.75) is 83.2 Å². The number of pyridine rings is 2. The van der Waals surface area contributed by atoms with Gasteiger partial charge in [0, 0.05) is 22.6 Å². The van der Waals surface area contributed by atoms with E-state index in [9.17, 15) is 19.5 Å². The quantitative estimate of drug-likeness (QED) is 0.338. The van der Waals surface area contributed by atoms with Crippen LogP contribution in [0.2, 0.25) is 0 Å². The van der Waals surface area contributed by atoms with E-state index in [1.807, 2.05) is 0 Å². The van der Waals surface area contributed by atoms with Crippen molar-refractivity contribution in [3.8, 4) is 11.4 Å². The lowest BCUT2D eigenvalue weighted by atomic mass is 9.81. The predicted molar refractivity (Wildman–Crippen MR) is 144 cm³/mol. The Morgan fingerprint density at radius 2 is 2.08 bits per heavy atom. The number of aromatic nitrogens is 2. The van der Waals surface area contributed by atoms with Gasteiger partial charge >= 0.3 is 5.97 Å². The number of hydrogen-bond acceptors (Lipinski definition) is 7. The molecular weight excluding hydrogens is 515 g/mol. The standard InChI is InChI=1S/C30H31FN4O5/c1-3-30(39)18-10-23-26-16(12-35(23)28(37)17(18)13-40-29(30)38)25-20(34-27(36)21-6-4-5-9-32-21)8-7-15-14(2)19(31)11-22(33-26)24(15)25/h10-11,20-21,32,39H,3-9,12-13H2,1-2H3,(H,34,36)/t20-,21+,30-/m0/s1. The molecule has 0 unspecified atom stereocenters. The van der Waals surface area contributed by atoms with Crippen molar-refractivity contribution < 1.29 is 23.8 Å². The molecule has 0 spiro atoms. The third-order valence-corrected chi connectivity index (χ3v) is 9.32. The fourth-order valence-corrected chi connectivity index (χ4v) is 7.05. The van der Waals surface area contributed by atoms with Gasteiger partial charge in [-0.3, -0.25) is 9.59 Å². The number of halogens is 1. The van der Waals surface area contributed by atoms with Gasteiger partial charge in [-0.1, -0.05) is 13.3 Å². The molecular formula is C30H31FN4O5. The summed E-state index contributed by atoms with van der Waals surface area (Å²) in [5.74, 6) is -1.19. The number of carbonyl (C=O) groups is 2. The third kappa shape index (κ3) is 3.45. The van der Waals surface area contributed by atoms with Crippen LogP contribution in [0, 0.1) is 12.7 Å². The van der Waals surface area contributed by atoms with Crippen molar-refractivity contribution in [3.63, 3.8) is 0 Å². The molecule has 3 aromatic rings. The van der Waals surface area contributed by atoms with E-state index in [-0.39, 0.29) is 60.1 Å². The molecule has 0 saturated carbocycles. The molecule has 3 aliphatic heterocycles. The Morgan fingerprint density at radius 1 is 1.25 bits per heavy atom. The molecule has 1 aromatic carbocycles. The lowest BCUT2D eigenvalue weighted by molar-refractivity contribution is -0.172. The first kappa shape index (κ1) is 25.3. The molecule has 3 atom stereocenters. The lowest BCUT2D eigenvalue weighted by Gasteiger charge is -2.32. The molecule has 208 valence electrons. The number of amides is 1. The summed E-state index contributed by atoms with van der Waals surface area (Å²) in [4.78, 5) is 44.5. The first-order valence-corrected chi connectivity index (χ1v) is 14.1. The van der Waals surface area contributed by atoms with Gasteiger partial charge in [0.2, 0.25) is 5.91 Å². The summed E-state index contributed by atoms with van der Waals surface area (Å²) in [6.07, 6.45) is 4.05. The minimum absolute atomic E-state index is 0.0438. The average Bonchev–Trinajstić information content (AvgIpc) is 3.33. The molecule has 1 amide bonds. The molecule has 1 fully saturated rings. The smallest absolute Gasteiger partial charge is 0.343 e. The van der Waals surface area contributed by atoms with E-state index >= 15 is 4.39 Å². The maximum Gasteiger partial charge on any atom is 0.343 e. The summed E-state index contributed by atoms with van der Waals surface area (Å²) in [5, 5.41) is 18.6. The van der Waals surface area contributed by atoms with E-state index in [0.29, 0.717) is 35.3 Å². The van der Waals surface area contributed by atoms with Crippen LogP contribution in [0.25, 0.3) is 22.3 Å². The number of nitrogens with one attached hydrogen (secondary N) is 2. The molecule has 3 N–H and O–H groups in total. The number of esters is 1. The summed E-state index contributed by atoms with van der Waals surface area (Å²) < 4.78 is 21.8. The van der Waals surface area contributed by atoms with E-state index in [0.717, 1.165) is 47.9 Å². The molecule has 1 aliphatic carbocycles. The second kappa shape index (κ2) is 8.94. The molecule has 10 heteroatoms. The van der Waals surface area contributed by atoms with E-state index in [4.69, 9.17) is 9.72 Å². The second-order valence-electron chi connectivity index (χ2n) is 11.4. The summed E-state index contributed by atoms with van der Waals surface area (Å²) in [7, 11) is 0. The normalized spacial score (nSPS) is 24.8.